The number of nitrogens with two attached hydrogens (primary N) is 1. The molecule has 1 unspecified atom stereocenters. The first-order chi connectivity index (χ1) is 18.8. The van der Waals surface area contributed by atoms with E-state index >= 15 is 0 Å². The van der Waals surface area contributed by atoms with Crippen molar-refractivity contribution in [1.29, 1.82) is 0 Å². The number of benzene rings is 1. The first-order valence-corrected chi connectivity index (χ1v) is 12.9. The molecule has 1 atom stereocenters. The minimum atomic E-state index is -0.388. The van der Waals surface area contributed by atoms with Gasteiger partial charge in [-0.2, -0.15) is 0 Å². The molecule has 1 aliphatic heterocycles. The third kappa shape index (κ3) is 5.62. The maximum atomic E-state index is 13.9. The average Bonchev–Trinajstić information content (AvgIpc) is 2.96. The van der Waals surface area contributed by atoms with Gasteiger partial charge in [-0.1, -0.05) is 12.1 Å². The minimum absolute atomic E-state index is 0.0852. The molecule has 0 spiro atoms. The summed E-state index contributed by atoms with van der Waals surface area (Å²) in [5.74, 6) is 0.960. The van der Waals surface area contributed by atoms with Crippen molar-refractivity contribution in [2.75, 3.05) is 18.8 Å². The van der Waals surface area contributed by atoms with E-state index in [1.165, 1.54) is 5.57 Å². The number of fused-ring (bicyclic) bond motifs is 1. The number of nitrogens with zero attached hydrogens (tertiary/aromatic N) is 6. The maximum absolute atomic E-state index is 13.9. The molecular formula is C30H31N7O2. The number of carbonyl (C=O) groups excluding carboxylic acids is 2. The van der Waals surface area contributed by atoms with Crippen molar-refractivity contribution in [3.63, 3.8) is 0 Å². The monoisotopic (exact) mass is 521 g/mol. The molecule has 0 bridgehead atoms. The van der Waals surface area contributed by atoms with Crippen molar-refractivity contribution in [1.82, 2.24) is 29.7 Å². The number of anilines is 1. The van der Waals surface area contributed by atoms with Crippen LogP contribution in [-0.2, 0) is 11.3 Å². The molecule has 9 heteroatoms. The topological polar surface area (TPSA) is 118 Å². The Morgan fingerprint density at radius 3 is 2.56 bits per heavy atom. The van der Waals surface area contributed by atoms with Crippen LogP contribution in [0.2, 0.25) is 0 Å². The smallest absolute Gasteiger partial charge is 0.254 e. The fraction of sp³-hybridized carbons (Fsp3) is 0.267. The summed E-state index contributed by atoms with van der Waals surface area (Å²) in [6.45, 7) is 7.00. The molecule has 4 aromatic rings. The van der Waals surface area contributed by atoms with Crippen molar-refractivity contribution >= 4 is 34.1 Å². The van der Waals surface area contributed by atoms with Crippen LogP contribution >= 0.6 is 0 Å². The van der Waals surface area contributed by atoms with Gasteiger partial charge in [0.15, 0.2) is 0 Å². The molecule has 39 heavy (non-hydrogen) atoms. The highest BCUT2D eigenvalue weighted by Crippen LogP contribution is 2.26. The molecular weight excluding hydrogens is 490 g/mol. The Balaban J connectivity index is 1.42. The summed E-state index contributed by atoms with van der Waals surface area (Å²) < 4.78 is 0. The third-order valence-electron chi connectivity index (χ3n) is 7.16. The van der Waals surface area contributed by atoms with E-state index in [-0.39, 0.29) is 24.4 Å². The van der Waals surface area contributed by atoms with E-state index in [2.05, 4.69) is 21.0 Å². The van der Waals surface area contributed by atoms with Gasteiger partial charge in [-0.15, -0.1) is 0 Å². The summed E-state index contributed by atoms with van der Waals surface area (Å²) in [6, 6.07) is 12.7. The van der Waals surface area contributed by atoms with Crippen LogP contribution in [0, 0.1) is 6.92 Å². The van der Waals surface area contributed by atoms with E-state index in [9.17, 15) is 9.59 Å². The van der Waals surface area contributed by atoms with Crippen molar-refractivity contribution in [2.24, 2.45) is 0 Å². The molecule has 2 N–H and O–H groups in total. The van der Waals surface area contributed by atoms with E-state index in [1.807, 2.05) is 55.3 Å². The second kappa shape index (κ2) is 11.0. The standard InChI is InChI=1S/C30H31N7O2/c1-19-15-25-16-23(6-8-27(25)35-28(19)31)30(39)37(20(2)29-32-11-4-12-33-29)18-26-7-5-24(17-34-26)22-9-13-36(14-10-22)21(3)38/h4-9,11-12,15-17,20H,10,13-14,18H2,1-3H3,(H2,31,35). The van der Waals surface area contributed by atoms with E-state index < -0.39 is 0 Å². The highest BCUT2D eigenvalue weighted by molar-refractivity contribution is 5.98. The van der Waals surface area contributed by atoms with Crippen molar-refractivity contribution in [2.45, 2.75) is 39.8 Å². The second-order valence-electron chi connectivity index (χ2n) is 9.80. The molecule has 0 saturated heterocycles. The zero-order chi connectivity index (χ0) is 27.5. The summed E-state index contributed by atoms with van der Waals surface area (Å²) in [4.78, 5) is 47.0. The van der Waals surface area contributed by atoms with Gasteiger partial charge in [0.1, 0.15) is 11.6 Å². The quantitative estimate of drug-likeness (QED) is 0.401. The van der Waals surface area contributed by atoms with Gasteiger partial charge in [-0.3, -0.25) is 14.6 Å². The zero-order valence-corrected chi connectivity index (χ0v) is 22.3. The number of amides is 2. The van der Waals surface area contributed by atoms with Crippen LogP contribution < -0.4 is 5.73 Å². The number of carbonyl (C=O) groups is 2. The van der Waals surface area contributed by atoms with Gasteiger partial charge < -0.3 is 15.5 Å². The summed E-state index contributed by atoms with van der Waals surface area (Å²) >= 11 is 0. The Bertz CT molecular complexity index is 1550. The average molecular weight is 522 g/mol. The molecule has 0 saturated carbocycles. The number of pyridine rings is 2. The van der Waals surface area contributed by atoms with Crippen LogP contribution in [-0.4, -0.2) is 54.6 Å². The van der Waals surface area contributed by atoms with Gasteiger partial charge in [0, 0.05) is 49.6 Å². The lowest BCUT2D eigenvalue weighted by Crippen LogP contribution is -2.34. The number of aromatic nitrogens is 4. The van der Waals surface area contributed by atoms with Crippen molar-refractivity contribution in [3.8, 4) is 0 Å². The third-order valence-corrected chi connectivity index (χ3v) is 7.16. The Morgan fingerprint density at radius 2 is 1.90 bits per heavy atom. The van der Waals surface area contributed by atoms with Crippen LogP contribution in [0.25, 0.3) is 16.5 Å². The van der Waals surface area contributed by atoms with Gasteiger partial charge in [-0.25, -0.2) is 15.0 Å². The summed E-state index contributed by atoms with van der Waals surface area (Å²) in [5, 5.41) is 0.850. The lowest BCUT2D eigenvalue weighted by molar-refractivity contribution is -0.128. The first-order valence-electron chi connectivity index (χ1n) is 12.9. The van der Waals surface area contributed by atoms with Crippen molar-refractivity contribution < 1.29 is 9.59 Å². The van der Waals surface area contributed by atoms with E-state index in [1.54, 1.807) is 36.4 Å². The molecule has 0 fully saturated rings. The fourth-order valence-corrected chi connectivity index (χ4v) is 4.75. The number of hydrogen-bond acceptors (Lipinski definition) is 7. The Hall–Kier alpha value is -4.66. The lowest BCUT2D eigenvalue weighted by Gasteiger charge is -2.28. The van der Waals surface area contributed by atoms with E-state index in [0.717, 1.165) is 34.1 Å². The Kier molecular flexibility index (Phi) is 7.31. The molecule has 1 aromatic carbocycles. The van der Waals surface area contributed by atoms with Crippen molar-refractivity contribution in [3.05, 3.63) is 95.3 Å². The lowest BCUT2D eigenvalue weighted by atomic mass is 10.0. The predicted octanol–water partition coefficient (Wildman–Crippen LogP) is 4.35. The molecule has 2 amide bonds. The van der Waals surface area contributed by atoms with Crippen LogP contribution in [0.15, 0.2) is 67.1 Å². The molecule has 4 heterocycles. The second-order valence-corrected chi connectivity index (χ2v) is 9.80. The van der Waals surface area contributed by atoms with E-state index in [0.29, 0.717) is 30.3 Å². The fourth-order valence-electron chi connectivity index (χ4n) is 4.75. The molecule has 0 radical (unpaired) electrons. The minimum Gasteiger partial charge on any atom is -0.383 e. The molecule has 198 valence electrons. The van der Waals surface area contributed by atoms with Crippen LogP contribution in [0.4, 0.5) is 5.82 Å². The van der Waals surface area contributed by atoms with Crippen LogP contribution in [0.5, 0.6) is 0 Å². The number of hydrogen-bond donors (Lipinski definition) is 1. The zero-order valence-electron chi connectivity index (χ0n) is 22.3. The Labute approximate surface area is 227 Å². The number of rotatable bonds is 6. The van der Waals surface area contributed by atoms with Gasteiger partial charge in [0.25, 0.3) is 5.91 Å². The largest absolute Gasteiger partial charge is 0.383 e. The Morgan fingerprint density at radius 1 is 1.10 bits per heavy atom. The van der Waals surface area contributed by atoms with Gasteiger partial charge in [-0.05, 0) is 73.4 Å². The van der Waals surface area contributed by atoms with Crippen LogP contribution in [0.3, 0.4) is 0 Å². The van der Waals surface area contributed by atoms with Gasteiger partial charge >= 0.3 is 0 Å². The molecule has 0 aliphatic carbocycles. The molecule has 1 aliphatic rings. The van der Waals surface area contributed by atoms with Gasteiger partial charge in [0.05, 0.1) is 23.8 Å². The maximum Gasteiger partial charge on any atom is 0.254 e. The van der Waals surface area contributed by atoms with Gasteiger partial charge in [0.2, 0.25) is 5.91 Å². The van der Waals surface area contributed by atoms with Crippen LogP contribution in [0.1, 0.15) is 59.3 Å². The predicted molar refractivity (Wildman–Crippen MR) is 150 cm³/mol. The number of nitrogen functional groups attached to an aromatic ring is 1. The molecule has 3 aromatic heterocycles. The molecule has 9 nitrogen and oxygen atoms in total. The SMILES string of the molecule is CC(=O)N1CC=C(c2ccc(CN(C(=O)c3ccc4nc(N)c(C)cc4c3)C(C)c3ncccn3)nc2)CC1. The normalized spacial score (nSPS) is 14.1. The van der Waals surface area contributed by atoms with E-state index in [4.69, 9.17) is 10.7 Å². The summed E-state index contributed by atoms with van der Waals surface area (Å²) in [6.07, 6.45) is 8.06. The highest BCUT2D eigenvalue weighted by atomic mass is 16.2. The first kappa shape index (κ1) is 26.0. The number of aryl methyl sites for hydroxylation is 1. The summed E-state index contributed by atoms with van der Waals surface area (Å²) in [7, 11) is 0. The summed E-state index contributed by atoms with van der Waals surface area (Å²) in [5.41, 5.74) is 11.1. The highest BCUT2D eigenvalue weighted by Gasteiger charge is 2.26. The molecule has 5 rings (SSSR count).